The first kappa shape index (κ1) is 12.6. The van der Waals surface area contributed by atoms with E-state index < -0.39 is 0 Å². The van der Waals surface area contributed by atoms with Crippen molar-refractivity contribution in [1.82, 2.24) is 25.1 Å². The lowest BCUT2D eigenvalue weighted by molar-refractivity contribution is 0.423. The summed E-state index contributed by atoms with van der Waals surface area (Å²) < 4.78 is 5.14. The Morgan fingerprint density at radius 2 is 2.10 bits per heavy atom. The first-order valence-corrected chi connectivity index (χ1v) is 6.15. The molecule has 2 aromatic heterocycles. The van der Waals surface area contributed by atoms with Gasteiger partial charge in [0.1, 0.15) is 0 Å². The summed E-state index contributed by atoms with van der Waals surface area (Å²) in [5, 5.41) is 14.3. The lowest BCUT2D eigenvalue weighted by Gasteiger charge is -1.98. The minimum atomic E-state index is 0.224. The van der Waals surface area contributed by atoms with E-state index in [4.69, 9.17) is 16.1 Å². The van der Waals surface area contributed by atoms with Gasteiger partial charge in [0.25, 0.3) is 5.89 Å². The van der Waals surface area contributed by atoms with Crippen LogP contribution in [0.3, 0.4) is 0 Å². The van der Waals surface area contributed by atoms with Crippen LogP contribution in [0.15, 0.2) is 40.1 Å². The van der Waals surface area contributed by atoms with Gasteiger partial charge in [0.05, 0.1) is 33.8 Å². The van der Waals surface area contributed by atoms with Gasteiger partial charge in [-0.1, -0.05) is 11.6 Å². The summed E-state index contributed by atoms with van der Waals surface area (Å²) in [7, 11) is 0. The van der Waals surface area contributed by atoms with E-state index in [0.717, 1.165) is 0 Å². The van der Waals surface area contributed by atoms with Crippen LogP contribution < -0.4 is 0 Å². The van der Waals surface area contributed by atoms with E-state index >= 15 is 0 Å². The average molecular weight is 305 g/mol. The van der Waals surface area contributed by atoms with E-state index in [1.165, 1.54) is 17.2 Å². The van der Waals surface area contributed by atoms with Crippen molar-refractivity contribution in [2.24, 2.45) is 4.99 Å². The largest absolute Gasteiger partial charge is 0.332 e. The van der Waals surface area contributed by atoms with Crippen molar-refractivity contribution < 1.29 is 4.52 Å². The molecule has 2 heterocycles. The third-order valence-electron chi connectivity index (χ3n) is 2.37. The van der Waals surface area contributed by atoms with Crippen LogP contribution in [-0.4, -0.2) is 30.3 Å². The molecule has 9 heteroatoms. The number of aliphatic imine (C=N–C) groups is 1. The number of isothiocyanates is 1. The molecule has 0 aliphatic rings. The van der Waals surface area contributed by atoms with Gasteiger partial charge < -0.3 is 4.52 Å². The third kappa shape index (κ3) is 2.35. The van der Waals surface area contributed by atoms with Gasteiger partial charge in [-0.25, -0.2) is 0 Å². The summed E-state index contributed by atoms with van der Waals surface area (Å²) in [5.74, 6) is 0.488. The van der Waals surface area contributed by atoms with Crippen LogP contribution in [0.1, 0.15) is 0 Å². The molecule has 0 radical (unpaired) electrons. The van der Waals surface area contributed by atoms with Crippen LogP contribution in [0.25, 0.3) is 17.4 Å². The molecule has 0 N–H and O–H groups in total. The highest BCUT2D eigenvalue weighted by Gasteiger charge is 2.14. The molecule has 20 heavy (non-hydrogen) atoms. The fraction of sp³-hybridized carbons (Fsp3) is 0. The number of rotatable bonds is 3. The van der Waals surface area contributed by atoms with Gasteiger partial charge in [-0.2, -0.15) is 20.2 Å². The zero-order valence-electron chi connectivity index (χ0n) is 9.76. The number of aromatic nitrogens is 5. The van der Waals surface area contributed by atoms with Crippen molar-refractivity contribution in [2.45, 2.75) is 0 Å². The zero-order chi connectivity index (χ0) is 13.9. The van der Waals surface area contributed by atoms with E-state index in [1.807, 2.05) is 0 Å². The second-order valence-corrected chi connectivity index (χ2v) is 4.18. The number of hydrogen-bond acceptors (Lipinski definition) is 7. The monoisotopic (exact) mass is 304 g/mol. The molecule has 0 spiro atoms. The molecule has 0 unspecified atom stereocenters. The number of hydrogen-bond donors (Lipinski definition) is 0. The minimum absolute atomic E-state index is 0.224. The molecule has 0 fully saturated rings. The van der Waals surface area contributed by atoms with Gasteiger partial charge in [-0.3, -0.25) is 0 Å². The highest BCUT2D eigenvalue weighted by Crippen LogP contribution is 2.30. The molecule has 0 aliphatic heterocycles. The second-order valence-electron chi connectivity index (χ2n) is 3.59. The van der Waals surface area contributed by atoms with E-state index in [1.54, 1.807) is 18.2 Å². The summed E-state index contributed by atoms with van der Waals surface area (Å²) in [6.07, 6.45) is 3.03. The van der Waals surface area contributed by atoms with Gasteiger partial charge in [0.2, 0.25) is 0 Å². The Hall–Kier alpha value is -2.41. The number of halogens is 1. The van der Waals surface area contributed by atoms with Crippen LogP contribution in [0, 0.1) is 0 Å². The summed E-state index contributed by atoms with van der Waals surface area (Å²) in [5.41, 5.74) is 1.18. The standard InChI is InChI=1S/C11H5ClN6OS/c12-9-5-7(13-6-20)1-2-8(9)10-16-11(17-19-10)18-14-3-4-15-18/h1-5H. The second kappa shape index (κ2) is 5.30. The van der Waals surface area contributed by atoms with Crippen molar-refractivity contribution in [3.8, 4) is 17.4 Å². The van der Waals surface area contributed by atoms with Gasteiger partial charge in [-0.05, 0) is 35.6 Å². The molecule has 0 amide bonds. The van der Waals surface area contributed by atoms with E-state index in [2.05, 4.69) is 42.7 Å². The minimum Gasteiger partial charge on any atom is -0.332 e. The Morgan fingerprint density at radius 3 is 2.80 bits per heavy atom. The predicted molar refractivity (Wildman–Crippen MR) is 74.3 cm³/mol. The van der Waals surface area contributed by atoms with Crippen LogP contribution >= 0.6 is 23.8 Å². The van der Waals surface area contributed by atoms with Crippen molar-refractivity contribution in [3.63, 3.8) is 0 Å². The van der Waals surface area contributed by atoms with Crippen LogP contribution in [-0.2, 0) is 0 Å². The first-order valence-electron chi connectivity index (χ1n) is 5.36. The summed E-state index contributed by atoms with van der Waals surface area (Å²) in [6.45, 7) is 0. The lowest BCUT2D eigenvalue weighted by Crippen LogP contribution is -2.00. The van der Waals surface area contributed by atoms with Crippen LogP contribution in [0.4, 0.5) is 5.69 Å². The topological polar surface area (TPSA) is 82.0 Å². The van der Waals surface area contributed by atoms with Crippen molar-refractivity contribution in [2.75, 3.05) is 0 Å². The molecule has 0 saturated carbocycles. The molecular formula is C11H5ClN6OS. The average Bonchev–Trinajstić information content (AvgIpc) is 3.10. The SMILES string of the molecule is S=C=Nc1ccc(-c2nc(-n3nccn3)no2)c(Cl)c1. The van der Waals surface area contributed by atoms with E-state index in [-0.39, 0.29) is 11.8 Å². The normalized spacial score (nSPS) is 10.2. The molecule has 0 atom stereocenters. The van der Waals surface area contributed by atoms with Gasteiger partial charge in [-0.15, -0.1) is 4.80 Å². The highest BCUT2D eigenvalue weighted by atomic mass is 35.5. The maximum absolute atomic E-state index is 6.15. The van der Waals surface area contributed by atoms with Crippen molar-refractivity contribution in [3.05, 3.63) is 35.6 Å². The molecule has 98 valence electrons. The summed E-state index contributed by atoms with van der Waals surface area (Å²) in [6, 6.07) is 5.06. The van der Waals surface area contributed by atoms with Crippen LogP contribution in [0.2, 0.25) is 5.02 Å². The fourth-order valence-electron chi connectivity index (χ4n) is 1.53. The Bertz CT molecular complexity index is 793. The molecule has 0 bridgehead atoms. The first-order chi connectivity index (χ1) is 9.78. The molecular weight excluding hydrogens is 300 g/mol. The Labute approximate surface area is 122 Å². The lowest BCUT2D eigenvalue weighted by atomic mass is 10.2. The van der Waals surface area contributed by atoms with Gasteiger partial charge >= 0.3 is 5.95 Å². The van der Waals surface area contributed by atoms with Gasteiger partial charge in [0.15, 0.2) is 0 Å². The quantitative estimate of drug-likeness (QED) is 0.546. The molecule has 0 saturated heterocycles. The maximum atomic E-state index is 6.15. The molecule has 3 rings (SSSR count). The number of benzene rings is 1. The molecule has 0 aliphatic carbocycles. The maximum Gasteiger partial charge on any atom is 0.308 e. The predicted octanol–water partition coefficient (Wildman–Crippen LogP) is 2.71. The molecule has 3 aromatic rings. The molecule has 1 aromatic carbocycles. The number of thiocarbonyl (C=S) groups is 1. The van der Waals surface area contributed by atoms with Crippen molar-refractivity contribution in [1.29, 1.82) is 0 Å². The fourth-order valence-corrected chi connectivity index (χ4v) is 1.89. The molecule has 7 nitrogen and oxygen atoms in total. The van der Waals surface area contributed by atoms with Crippen molar-refractivity contribution >= 4 is 34.7 Å². The van der Waals surface area contributed by atoms with E-state index in [9.17, 15) is 0 Å². The third-order valence-corrected chi connectivity index (χ3v) is 2.77. The van der Waals surface area contributed by atoms with Gasteiger partial charge in [0, 0.05) is 0 Å². The Balaban J connectivity index is 1.99. The summed E-state index contributed by atoms with van der Waals surface area (Å²) >= 11 is 10.7. The summed E-state index contributed by atoms with van der Waals surface area (Å²) in [4.78, 5) is 9.25. The highest BCUT2D eigenvalue weighted by molar-refractivity contribution is 7.78. The van der Waals surface area contributed by atoms with E-state index in [0.29, 0.717) is 16.3 Å². The smallest absolute Gasteiger partial charge is 0.308 e. The zero-order valence-corrected chi connectivity index (χ0v) is 11.3. The number of nitrogens with zero attached hydrogens (tertiary/aromatic N) is 6. The Morgan fingerprint density at radius 1 is 1.30 bits per heavy atom. The van der Waals surface area contributed by atoms with Crippen LogP contribution in [0.5, 0.6) is 0 Å². The Kier molecular flexibility index (Phi) is 3.34.